The van der Waals surface area contributed by atoms with Gasteiger partial charge in [0.25, 0.3) is 0 Å². The smallest absolute Gasteiger partial charge is 0.136 e. The van der Waals surface area contributed by atoms with Crippen LogP contribution in [0.25, 0.3) is 0 Å². The normalized spacial score (nSPS) is 14.8. The average molecular weight is 757 g/mol. The maximum atomic E-state index is 10.2. The summed E-state index contributed by atoms with van der Waals surface area (Å²) in [5.41, 5.74) is 7.31. The summed E-state index contributed by atoms with van der Waals surface area (Å²) in [6.07, 6.45) is 7.77. The molecule has 1 N–H and O–H groups in total. The molecular weight excluding hydrogens is 727 g/mol. The number of hydrogen-bond acceptors (Lipinski definition) is 8. The van der Waals surface area contributed by atoms with Crippen LogP contribution in [0.5, 0.6) is 5.75 Å². The van der Waals surface area contributed by atoms with Gasteiger partial charge in [-0.05, 0) is 63.2 Å². The molecule has 9 heteroatoms. The van der Waals surface area contributed by atoms with E-state index in [1.54, 1.807) is 6.07 Å². The molecule has 0 atom stereocenters. The molecule has 3 heterocycles. The molecule has 8 nitrogen and oxygen atoms in total. The molecule has 0 spiro atoms. The Labute approximate surface area is 272 Å². The maximum Gasteiger partial charge on any atom is 0.136 e. The molecule has 0 aliphatic carbocycles. The van der Waals surface area contributed by atoms with E-state index in [4.69, 9.17) is 0 Å². The Balaban J connectivity index is 0.000000172. The molecule has 225 valence electrons. The summed E-state index contributed by atoms with van der Waals surface area (Å²) in [7, 11) is 3.91. The van der Waals surface area contributed by atoms with E-state index in [0.717, 1.165) is 34.1 Å². The zero-order valence-corrected chi connectivity index (χ0v) is 26.9. The Hall–Kier alpha value is -4.90. The van der Waals surface area contributed by atoms with Crippen LogP contribution in [0, 0.1) is 50.4 Å². The minimum atomic E-state index is 0. The van der Waals surface area contributed by atoms with E-state index < -0.39 is 0 Å². The molecule has 0 aromatic heterocycles. The number of aromatic hydroxyl groups is 1. The number of nitriles is 1. The summed E-state index contributed by atoms with van der Waals surface area (Å²) in [5.74, 6) is 0.258. The first-order valence-corrected chi connectivity index (χ1v) is 13.7. The number of anilines is 6. The van der Waals surface area contributed by atoms with Crippen molar-refractivity contribution in [2.24, 2.45) is 0 Å². The van der Waals surface area contributed by atoms with Crippen LogP contribution in [-0.2, 0) is 20.1 Å². The number of hydrogen-bond donors (Lipinski definition) is 1. The summed E-state index contributed by atoms with van der Waals surface area (Å²) in [6, 6.07) is 34.1. The zero-order chi connectivity index (χ0) is 29.9. The van der Waals surface area contributed by atoms with Crippen molar-refractivity contribution in [3.63, 3.8) is 0 Å². The topological polar surface area (TPSA) is 63.5 Å². The van der Waals surface area contributed by atoms with Crippen LogP contribution in [0.1, 0.15) is 11.1 Å². The fraction of sp³-hybridized carbons (Fsp3) is 0.0857. The summed E-state index contributed by atoms with van der Waals surface area (Å²) in [6.45, 7) is 7.91. The number of phenolic OH excluding ortho intramolecular Hbond substituents is 1. The summed E-state index contributed by atoms with van der Waals surface area (Å²) in [4.78, 5) is 11.9. The molecule has 0 unspecified atom stereocenters. The van der Waals surface area contributed by atoms with Crippen molar-refractivity contribution >= 4 is 34.1 Å². The fourth-order valence-corrected chi connectivity index (χ4v) is 4.88. The van der Waals surface area contributed by atoms with Crippen LogP contribution in [0.3, 0.4) is 0 Å². The van der Waals surface area contributed by atoms with E-state index >= 15 is 0 Å². The molecule has 3 aliphatic heterocycles. The second-order valence-electron chi connectivity index (χ2n) is 10.3. The van der Waals surface area contributed by atoms with Gasteiger partial charge in [-0.3, -0.25) is 0 Å². The van der Waals surface area contributed by atoms with Crippen molar-refractivity contribution in [3.8, 4) is 11.8 Å². The Morgan fingerprint density at radius 2 is 1.27 bits per heavy atom. The molecule has 0 saturated carbocycles. The van der Waals surface area contributed by atoms with Crippen molar-refractivity contribution in [3.05, 3.63) is 147 Å². The van der Waals surface area contributed by atoms with Gasteiger partial charge in [-0.25, -0.2) is 0 Å². The Kier molecular flexibility index (Phi) is 9.15. The molecule has 1 radical (unpaired) electrons. The Morgan fingerprint density at radius 1 is 0.705 bits per heavy atom. The number of nitrogens with zero attached hydrogens (tertiary/aromatic N) is 7. The minimum Gasteiger partial charge on any atom is -0.510 e. The van der Waals surface area contributed by atoms with Crippen molar-refractivity contribution in [1.82, 2.24) is 9.80 Å². The van der Waals surface area contributed by atoms with Gasteiger partial charge in [0, 0.05) is 31.5 Å². The molecule has 3 aliphatic rings. The summed E-state index contributed by atoms with van der Waals surface area (Å²) < 4.78 is 0. The van der Waals surface area contributed by atoms with Crippen LogP contribution in [0.4, 0.5) is 34.1 Å². The second-order valence-corrected chi connectivity index (χ2v) is 10.3. The zero-order valence-electron chi connectivity index (χ0n) is 24.5. The summed E-state index contributed by atoms with van der Waals surface area (Å²) in [5, 5.41) is 19.4. The van der Waals surface area contributed by atoms with Crippen LogP contribution in [-0.4, -0.2) is 29.0 Å². The fourth-order valence-electron chi connectivity index (χ4n) is 4.88. The van der Waals surface area contributed by atoms with Gasteiger partial charge in [-0.2, -0.15) is 42.4 Å². The average Bonchev–Trinajstić information content (AvgIpc) is 3.77. The minimum absolute atomic E-state index is 0. The number of phenols is 1. The molecule has 7 rings (SSSR count). The van der Waals surface area contributed by atoms with Gasteiger partial charge in [0.2, 0.25) is 0 Å². The van der Waals surface area contributed by atoms with E-state index in [-0.39, 0.29) is 25.9 Å². The molecule has 4 aromatic rings. The van der Waals surface area contributed by atoms with Crippen LogP contribution >= 0.6 is 0 Å². The van der Waals surface area contributed by atoms with Crippen molar-refractivity contribution in [1.29, 1.82) is 5.26 Å². The van der Waals surface area contributed by atoms with Crippen LogP contribution in [0.2, 0.25) is 0 Å². The van der Waals surface area contributed by atoms with E-state index in [9.17, 15) is 10.4 Å². The third-order valence-corrected chi connectivity index (χ3v) is 7.05. The van der Waals surface area contributed by atoms with Gasteiger partial charge in [-0.1, -0.05) is 36.8 Å². The van der Waals surface area contributed by atoms with Gasteiger partial charge < -0.3 is 34.5 Å². The van der Waals surface area contributed by atoms with Gasteiger partial charge in [0.05, 0.1) is 11.8 Å². The van der Waals surface area contributed by atoms with Gasteiger partial charge >= 0.3 is 0 Å². The van der Waals surface area contributed by atoms with Crippen LogP contribution in [0.15, 0.2) is 104 Å². The monoisotopic (exact) mass is 757 g/mol. The SMILES string of the molecule is CN1C=CN(c2[c-]c(N3C=CN(C)[CH-]3)cc(C#N)c2)[CH-]1.Cc1c[c-]c(N2[CH-]N(c3ccccc3O)c3ccccc32)cc1.[Ir]. The summed E-state index contributed by atoms with van der Waals surface area (Å²) >= 11 is 0. The first-order valence-electron chi connectivity index (χ1n) is 13.7. The first kappa shape index (κ1) is 30.6. The van der Waals surface area contributed by atoms with Crippen molar-refractivity contribution in [2.75, 3.05) is 33.7 Å². The third-order valence-electron chi connectivity index (χ3n) is 7.05. The molecular formula is C35H30IrN7O-5. The van der Waals surface area contributed by atoms with E-state index in [1.165, 1.54) is 5.56 Å². The van der Waals surface area contributed by atoms with Gasteiger partial charge in [0.15, 0.2) is 0 Å². The molecule has 0 fully saturated rings. The number of benzene rings is 4. The van der Waals surface area contributed by atoms with E-state index in [0.29, 0.717) is 5.56 Å². The predicted molar refractivity (Wildman–Crippen MR) is 170 cm³/mol. The third kappa shape index (κ3) is 6.37. The largest absolute Gasteiger partial charge is 0.510 e. The molecule has 0 amide bonds. The number of rotatable bonds is 4. The molecule has 44 heavy (non-hydrogen) atoms. The number of para-hydroxylation sites is 4. The number of aryl methyl sites for hydroxylation is 1. The number of fused-ring (bicyclic) bond motifs is 1. The molecule has 0 bridgehead atoms. The van der Waals surface area contributed by atoms with Gasteiger partial charge in [-0.15, -0.1) is 48.0 Å². The quantitative estimate of drug-likeness (QED) is 0.225. The predicted octanol–water partition coefficient (Wildman–Crippen LogP) is 6.95. The standard InChI is InChI=1S/C20H16N2O.C15H14N5.Ir/c1-15-10-12-16(13-11-15)21-14-22(18-7-3-2-6-17(18)21)19-8-4-5-9-20(19)23;1-17-3-5-19(11-17)14-7-13(10-16)8-15(9-14)20-6-4-18(2)12-20;/h2-12,14,23H,1H3;3-8,11-12H,1-2H3;/q-2;-3;. The second kappa shape index (κ2) is 13.2. The molecule has 4 aromatic carbocycles. The molecule has 0 saturated heterocycles. The Bertz CT molecular complexity index is 1670. The van der Waals surface area contributed by atoms with Crippen LogP contribution < -0.4 is 19.6 Å². The first-order chi connectivity index (χ1) is 20.9. The van der Waals surface area contributed by atoms with Crippen molar-refractivity contribution in [2.45, 2.75) is 6.92 Å². The van der Waals surface area contributed by atoms with Gasteiger partial charge in [0.1, 0.15) is 5.75 Å². The van der Waals surface area contributed by atoms with E-state index in [1.807, 2.05) is 138 Å². The van der Waals surface area contributed by atoms with E-state index in [2.05, 4.69) is 48.2 Å². The Morgan fingerprint density at radius 3 is 1.77 bits per heavy atom. The maximum absolute atomic E-state index is 10.2. The van der Waals surface area contributed by atoms with Crippen molar-refractivity contribution < 1.29 is 25.2 Å².